The Labute approximate surface area is 170 Å². The zero-order chi connectivity index (χ0) is 19.9. The van der Waals surface area contributed by atoms with Crippen LogP contribution in [0.1, 0.15) is 22.5 Å². The van der Waals surface area contributed by atoms with Crippen LogP contribution in [0.3, 0.4) is 0 Å². The highest BCUT2D eigenvalue weighted by molar-refractivity contribution is 7.99. The molecule has 0 radical (unpaired) electrons. The number of para-hydroxylation sites is 1. The van der Waals surface area contributed by atoms with Gasteiger partial charge in [0.15, 0.2) is 5.16 Å². The van der Waals surface area contributed by atoms with Crippen molar-refractivity contribution in [2.75, 3.05) is 19.9 Å². The predicted octanol–water partition coefficient (Wildman–Crippen LogP) is 4.07. The van der Waals surface area contributed by atoms with Crippen LogP contribution in [0.15, 0.2) is 59.8 Å². The lowest BCUT2D eigenvalue weighted by Crippen LogP contribution is -2.28. The lowest BCUT2D eigenvalue weighted by Gasteiger charge is -2.18. The zero-order valence-electron chi connectivity index (χ0n) is 16.4. The quantitative estimate of drug-likeness (QED) is 0.584. The van der Waals surface area contributed by atoms with Gasteiger partial charge < -0.3 is 14.6 Å². The number of hydrogen-bond donors (Lipinski definition) is 1. The van der Waals surface area contributed by atoms with Crippen LogP contribution in [-0.4, -0.2) is 40.7 Å². The van der Waals surface area contributed by atoms with E-state index < -0.39 is 0 Å². The normalized spacial score (nSPS) is 10.7. The molecule has 0 aliphatic rings. The molecule has 1 N–H and O–H groups in total. The SMILES string of the molecule is COc1ccccc1CN(C)C(=O)CSc1nc(Cc2ccccc2)c(C)[nH]1. The Kier molecular flexibility index (Phi) is 6.76. The fraction of sp³-hybridized carbons (Fsp3) is 0.273. The van der Waals surface area contributed by atoms with E-state index >= 15 is 0 Å². The molecule has 0 spiro atoms. The number of methoxy groups -OCH3 is 1. The van der Waals surface area contributed by atoms with E-state index in [0.717, 1.165) is 34.3 Å². The maximum atomic E-state index is 12.5. The van der Waals surface area contributed by atoms with Gasteiger partial charge in [-0.15, -0.1) is 0 Å². The van der Waals surface area contributed by atoms with Crippen molar-refractivity contribution in [3.8, 4) is 5.75 Å². The van der Waals surface area contributed by atoms with E-state index in [9.17, 15) is 4.79 Å². The van der Waals surface area contributed by atoms with Crippen molar-refractivity contribution >= 4 is 17.7 Å². The molecule has 0 fully saturated rings. The number of aromatic amines is 1. The van der Waals surface area contributed by atoms with Crippen molar-refractivity contribution < 1.29 is 9.53 Å². The van der Waals surface area contributed by atoms with Crippen molar-refractivity contribution in [3.63, 3.8) is 0 Å². The number of aryl methyl sites for hydroxylation is 1. The highest BCUT2D eigenvalue weighted by Crippen LogP contribution is 2.21. The molecule has 1 amide bonds. The molecule has 28 heavy (non-hydrogen) atoms. The summed E-state index contributed by atoms with van der Waals surface area (Å²) in [6.45, 7) is 2.53. The Bertz CT molecular complexity index is 925. The first-order valence-electron chi connectivity index (χ1n) is 9.15. The smallest absolute Gasteiger partial charge is 0.233 e. The Morgan fingerprint density at radius 3 is 2.61 bits per heavy atom. The van der Waals surface area contributed by atoms with Crippen LogP contribution in [-0.2, 0) is 17.8 Å². The number of rotatable bonds is 8. The summed E-state index contributed by atoms with van der Waals surface area (Å²) in [6, 6.07) is 18.0. The second kappa shape index (κ2) is 9.46. The summed E-state index contributed by atoms with van der Waals surface area (Å²) in [7, 11) is 3.45. The average molecular weight is 396 g/mol. The van der Waals surface area contributed by atoms with Crippen LogP contribution in [0.5, 0.6) is 5.75 Å². The van der Waals surface area contributed by atoms with E-state index in [1.807, 2.05) is 56.4 Å². The van der Waals surface area contributed by atoms with Gasteiger partial charge in [0, 0.05) is 31.3 Å². The third kappa shape index (κ3) is 5.16. The first kappa shape index (κ1) is 20.0. The highest BCUT2D eigenvalue weighted by atomic mass is 32.2. The summed E-state index contributed by atoms with van der Waals surface area (Å²) >= 11 is 1.43. The molecule has 3 rings (SSSR count). The van der Waals surface area contributed by atoms with E-state index in [1.165, 1.54) is 17.3 Å². The molecule has 2 aromatic carbocycles. The van der Waals surface area contributed by atoms with Gasteiger partial charge in [-0.3, -0.25) is 4.79 Å². The molecule has 146 valence electrons. The summed E-state index contributed by atoms with van der Waals surface area (Å²) < 4.78 is 5.36. The Balaban J connectivity index is 1.56. The Morgan fingerprint density at radius 2 is 1.86 bits per heavy atom. The van der Waals surface area contributed by atoms with Gasteiger partial charge in [0.25, 0.3) is 0 Å². The van der Waals surface area contributed by atoms with Gasteiger partial charge in [-0.05, 0) is 18.6 Å². The summed E-state index contributed by atoms with van der Waals surface area (Å²) in [4.78, 5) is 22.2. The molecule has 1 heterocycles. The maximum absolute atomic E-state index is 12.5. The number of hydrogen-bond acceptors (Lipinski definition) is 4. The molecule has 0 aliphatic carbocycles. The third-order valence-electron chi connectivity index (χ3n) is 4.54. The van der Waals surface area contributed by atoms with Crippen LogP contribution in [0.4, 0.5) is 0 Å². The number of nitrogens with one attached hydrogen (secondary N) is 1. The summed E-state index contributed by atoms with van der Waals surface area (Å²) in [5.74, 6) is 1.18. The van der Waals surface area contributed by atoms with Gasteiger partial charge in [0.2, 0.25) is 5.91 Å². The molecule has 0 aliphatic heterocycles. The van der Waals surface area contributed by atoms with Gasteiger partial charge in [-0.25, -0.2) is 4.98 Å². The fourth-order valence-electron chi connectivity index (χ4n) is 2.91. The van der Waals surface area contributed by atoms with Crippen molar-refractivity contribution in [3.05, 3.63) is 77.1 Å². The molecule has 0 saturated heterocycles. The van der Waals surface area contributed by atoms with Gasteiger partial charge in [0.1, 0.15) is 5.75 Å². The van der Waals surface area contributed by atoms with Crippen molar-refractivity contribution in [2.45, 2.75) is 25.0 Å². The molecule has 5 nitrogen and oxygen atoms in total. The molecular formula is C22H25N3O2S. The number of H-pyrrole nitrogens is 1. The molecule has 0 unspecified atom stereocenters. The van der Waals surface area contributed by atoms with E-state index in [4.69, 9.17) is 4.74 Å². The maximum Gasteiger partial charge on any atom is 0.233 e. The van der Waals surface area contributed by atoms with E-state index in [0.29, 0.717) is 12.3 Å². The fourth-order valence-corrected chi connectivity index (χ4v) is 3.79. The number of carbonyl (C=O) groups excluding carboxylic acids is 1. The number of amides is 1. The van der Waals surface area contributed by atoms with Crippen LogP contribution in [0, 0.1) is 6.92 Å². The number of thioether (sulfide) groups is 1. The Hall–Kier alpha value is -2.73. The van der Waals surface area contributed by atoms with E-state index in [-0.39, 0.29) is 5.91 Å². The lowest BCUT2D eigenvalue weighted by molar-refractivity contribution is -0.127. The summed E-state index contributed by atoms with van der Waals surface area (Å²) in [5.41, 5.74) is 4.27. The van der Waals surface area contributed by atoms with Crippen LogP contribution in [0.2, 0.25) is 0 Å². The van der Waals surface area contributed by atoms with Crippen LogP contribution in [0.25, 0.3) is 0 Å². The number of carbonyl (C=O) groups is 1. The number of nitrogens with zero attached hydrogens (tertiary/aromatic N) is 2. The van der Waals surface area contributed by atoms with Crippen molar-refractivity contribution in [1.82, 2.24) is 14.9 Å². The number of ether oxygens (including phenoxy) is 1. The molecular weight excluding hydrogens is 370 g/mol. The van der Waals surface area contributed by atoms with Crippen LogP contribution < -0.4 is 4.74 Å². The number of aromatic nitrogens is 2. The minimum atomic E-state index is 0.0505. The summed E-state index contributed by atoms with van der Waals surface area (Å²) in [5, 5.41) is 0.780. The topological polar surface area (TPSA) is 58.2 Å². The minimum Gasteiger partial charge on any atom is -0.496 e. The number of imidazole rings is 1. The van der Waals surface area contributed by atoms with Gasteiger partial charge in [-0.2, -0.15) is 0 Å². The second-order valence-electron chi connectivity index (χ2n) is 6.63. The molecule has 1 aromatic heterocycles. The first-order chi connectivity index (χ1) is 13.6. The second-order valence-corrected chi connectivity index (χ2v) is 7.59. The minimum absolute atomic E-state index is 0.0505. The highest BCUT2D eigenvalue weighted by Gasteiger charge is 2.14. The average Bonchev–Trinajstić information content (AvgIpc) is 3.06. The zero-order valence-corrected chi connectivity index (χ0v) is 17.3. The van der Waals surface area contributed by atoms with Crippen molar-refractivity contribution in [1.29, 1.82) is 0 Å². The standard InChI is InChI=1S/C22H25N3O2S/c1-16-19(13-17-9-5-4-6-10-17)24-22(23-16)28-15-21(26)25(2)14-18-11-7-8-12-20(18)27-3/h4-12H,13-15H2,1-3H3,(H,23,24). The van der Waals surface area contributed by atoms with Gasteiger partial charge in [-0.1, -0.05) is 60.3 Å². The number of benzene rings is 2. The molecule has 0 bridgehead atoms. The molecule has 0 saturated carbocycles. The Morgan fingerprint density at radius 1 is 1.14 bits per heavy atom. The first-order valence-corrected chi connectivity index (χ1v) is 10.1. The van der Waals surface area contributed by atoms with E-state index in [1.54, 1.807) is 12.0 Å². The molecule has 3 aromatic rings. The molecule has 0 atom stereocenters. The van der Waals surface area contributed by atoms with Crippen LogP contribution >= 0.6 is 11.8 Å². The van der Waals surface area contributed by atoms with Gasteiger partial charge in [0.05, 0.1) is 18.6 Å². The predicted molar refractivity (Wildman–Crippen MR) is 113 cm³/mol. The lowest BCUT2D eigenvalue weighted by atomic mass is 10.1. The van der Waals surface area contributed by atoms with E-state index in [2.05, 4.69) is 22.1 Å². The monoisotopic (exact) mass is 395 g/mol. The molecule has 6 heteroatoms. The largest absolute Gasteiger partial charge is 0.496 e. The van der Waals surface area contributed by atoms with Gasteiger partial charge >= 0.3 is 0 Å². The van der Waals surface area contributed by atoms with Crippen molar-refractivity contribution in [2.24, 2.45) is 0 Å². The third-order valence-corrected chi connectivity index (χ3v) is 5.39. The summed E-state index contributed by atoms with van der Waals surface area (Å²) in [6.07, 6.45) is 0.783.